The summed E-state index contributed by atoms with van der Waals surface area (Å²) < 4.78 is 5.01. The average Bonchev–Trinajstić information content (AvgIpc) is 1.82. The monoisotopic (exact) mass is 144 g/mol. The van der Waals surface area contributed by atoms with E-state index in [-0.39, 0.29) is 0 Å². The Hall–Kier alpha value is -0.120. The Morgan fingerprint density at radius 2 is 2.30 bits per heavy atom. The lowest BCUT2D eigenvalue weighted by Crippen LogP contribution is -2.59. The Bertz CT molecular complexity index is 99.0. The number of nitrogens with zero attached hydrogens (tertiary/aromatic N) is 1. The number of hydrogen-bond donors (Lipinski definition) is 1. The van der Waals surface area contributed by atoms with Crippen LogP contribution < -0.4 is 5.73 Å². The van der Waals surface area contributed by atoms with Gasteiger partial charge in [0, 0.05) is 32.3 Å². The van der Waals surface area contributed by atoms with Crippen molar-refractivity contribution < 1.29 is 4.74 Å². The molecule has 1 aliphatic heterocycles. The lowest BCUT2D eigenvalue weighted by molar-refractivity contribution is 0.0475. The summed E-state index contributed by atoms with van der Waals surface area (Å²) in [6, 6.07) is 0.934. The summed E-state index contributed by atoms with van der Waals surface area (Å²) in [6.45, 7) is 5.04. The van der Waals surface area contributed by atoms with Gasteiger partial charge in [0.05, 0.1) is 6.61 Å². The Morgan fingerprint density at radius 1 is 1.70 bits per heavy atom. The third-order valence-corrected chi connectivity index (χ3v) is 1.97. The van der Waals surface area contributed by atoms with Crippen LogP contribution in [0.15, 0.2) is 0 Å². The molecule has 0 aromatic heterocycles. The zero-order valence-corrected chi connectivity index (χ0v) is 6.71. The first-order valence-electron chi connectivity index (χ1n) is 3.72. The van der Waals surface area contributed by atoms with Crippen LogP contribution in [0.5, 0.6) is 0 Å². The lowest BCUT2D eigenvalue weighted by Gasteiger charge is -2.40. The number of methoxy groups -OCH3 is 1. The third kappa shape index (κ3) is 1.68. The van der Waals surface area contributed by atoms with Gasteiger partial charge in [-0.3, -0.25) is 4.90 Å². The number of ether oxygens (including phenoxy) is 1. The second-order valence-electron chi connectivity index (χ2n) is 3.02. The molecular formula is C7H16N2O. The van der Waals surface area contributed by atoms with Gasteiger partial charge in [0.1, 0.15) is 0 Å². The van der Waals surface area contributed by atoms with Crippen LogP contribution in [-0.4, -0.2) is 43.8 Å². The fraction of sp³-hybridized carbons (Fsp3) is 1.00. The van der Waals surface area contributed by atoms with Crippen molar-refractivity contribution >= 4 is 0 Å². The van der Waals surface area contributed by atoms with Crippen molar-refractivity contribution in [2.45, 2.75) is 19.0 Å². The highest BCUT2D eigenvalue weighted by Crippen LogP contribution is 2.09. The molecular weight excluding hydrogens is 128 g/mol. The molecule has 10 heavy (non-hydrogen) atoms. The molecule has 0 aromatic rings. The molecule has 2 N–H and O–H groups in total. The predicted octanol–water partition coefficient (Wildman–Crippen LogP) is -0.336. The van der Waals surface area contributed by atoms with Crippen molar-refractivity contribution in [2.75, 3.05) is 26.8 Å². The molecule has 0 radical (unpaired) electrons. The molecule has 3 nitrogen and oxygen atoms in total. The smallest absolute Gasteiger partial charge is 0.0615 e. The largest absolute Gasteiger partial charge is 0.383 e. The minimum absolute atomic E-state index is 0.402. The fourth-order valence-electron chi connectivity index (χ4n) is 1.26. The van der Waals surface area contributed by atoms with E-state index in [1.54, 1.807) is 7.11 Å². The van der Waals surface area contributed by atoms with E-state index in [1.807, 2.05) is 0 Å². The molecule has 0 aromatic carbocycles. The van der Waals surface area contributed by atoms with E-state index in [0.717, 1.165) is 19.7 Å². The minimum atomic E-state index is 0.402. The van der Waals surface area contributed by atoms with Crippen LogP contribution in [0.2, 0.25) is 0 Å². The van der Waals surface area contributed by atoms with Crippen molar-refractivity contribution in [3.05, 3.63) is 0 Å². The normalized spacial score (nSPS) is 24.3. The molecule has 3 heteroatoms. The standard InChI is InChI=1S/C7H16N2O/c1-6(5-10-2)9-3-7(8)4-9/h6-7H,3-5,8H2,1-2H3. The van der Waals surface area contributed by atoms with Crippen molar-refractivity contribution in [3.8, 4) is 0 Å². The SMILES string of the molecule is COCC(C)N1CC(N)C1. The highest BCUT2D eigenvalue weighted by molar-refractivity contribution is 4.85. The van der Waals surface area contributed by atoms with Crippen LogP contribution in [0, 0.1) is 0 Å². The molecule has 1 atom stereocenters. The molecule has 1 saturated heterocycles. The van der Waals surface area contributed by atoms with Crippen molar-refractivity contribution in [2.24, 2.45) is 5.73 Å². The maximum Gasteiger partial charge on any atom is 0.0615 e. The van der Waals surface area contributed by atoms with Crippen molar-refractivity contribution in [3.63, 3.8) is 0 Å². The van der Waals surface area contributed by atoms with Crippen molar-refractivity contribution in [1.29, 1.82) is 0 Å². The third-order valence-electron chi connectivity index (χ3n) is 1.97. The molecule has 0 amide bonds. The highest BCUT2D eigenvalue weighted by Gasteiger charge is 2.26. The van der Waals surface area contributed by atoms with E-state index in [1.165, 1.54) is 0 Å². The molecule has 1 heterocycles. The van der Waals surface area contributed by atoms with Gasteiger partial charge in [-0.05, 0) is 6.92 Å². The number of hydrogen-bond acceptors (Lipinski definition) is 3. The molecule has 1 aliphatic rings. The van der Waals surface area contributed by atoms with E-state index in [2.05, 4.69) is 11.8 Å². The zero-order chi connectivity index (χ0) is 7.56. The Morgan fingerprint density at radius 3 is 2.70 bits per heavy atom. The quantitative estimate of drug-likeness (QED) is 0.589. The van der Waals surface area contributed by atoms with Crippen LogP contribution in [0.25, 0.3) is 0 Å². The zero-order valence-electron chi connectivity index (χ0n) is 6.71. The molecule has 1 unspecified atom stereocenters. The Labute approximate surface area is 62.1 Å². The fourth-order valence-corrected chi connectivity index (χ4v) is 1.26. The maximum absolute atomic E-state index is 5.62. The Kier molecular flexibility index (Phi) is 2.65. The molecule has 0 spiro atoms. The summed E-state index contributed by atoms with van der Waals surface area (Å²) in [7, 11) is 1.73. The second-order valence-corrected chi connectivity index (χ2v) is 3.02. The molecule has 0 saturated carbocycles. The molecule has 0 aliphatic carbocycles. The van der Waals surface area contributed by atoms with E-state index in [0.29, 0.717) is 12.1 Å². The van der Waals surface area contributed by atoms with Gasteiger partial charge in [-0.25, -0.2) is 0 Å². The number of likely N-dealkylation sites (tertiary alicyclic amines) is 1. The first kappa shape index (κ1) is 7.98. The van der Waals surface area contributed by atoms with Gasteiger partial charge in [-0.2, -0.15) is 0 Å². The number of nitrogens with two attached hydrogens (primary N) is 1. The van der Waals surface area contributed by atoms with Crippen molar-refractivity contribution in [1.82, 2.24) is 4.90 Å². The van der Waals surface area contributed by atoms with Crippen LogP contribution in [0.1, 0.15) is 6.92 Å². The van der Waals surface area contributed by atoms with E-state index in [4.69, 9.17) is 10.5 Å². The predicted molar refractivity (Wildman–Crippen MR) is 40.9 cm³/mol. The number of rotatable bonds is 3. The first-order valence-corrected chi connectivity index (χ1v) is 3.72. The van der Waals surface area contributed by atoms with Crippen LogP contribution >= 0.6 is 0 Å². The summed E-state index contributed by atoms with van der Waals surface area (Å²) in [4.78, 5) is 2.33. The maximum atomic E-state index is 5.62. The van der Waals surface area contributed by atoms with Crippen LogP contribution in [0.4, 0.5) is 0 Å². The van der Waals surface area contributed by atoms with Gasteiger partial charge in [0.25, 0.3) is 0 Å². The second kappa shape index (κ2) is 3.32. The highest BCUT2D eigenvalue weighted by atomic mass is 16.5. The first-order chi connectivity index (χ1) is 4.74. The lowest BCUT2D eigenvalue weighted by atomic mass is 10.1. The summed E-state index contributed by atoms with van der Waals surface area (Å²) >= 11 is 0. The van der Waals surface area contributed by atoms with Gasteiger partial charge >= 0.3 is 0 Å². The molecule has 1 rings (SSSR count). The summed E-state index contributed by atoms with van der Waals surface area (Å²) in [5.41, 5.74) is 5.62. The van der Waals surface area contributed by atoms with Gasteiger partial charge in [-0.1, -0.05) is 0 Å². The summed E-state index contributed by atoms with van der Waals surface area (Å²) in [5.74, 6) is 0. The van der Waals surface area contributed by atoms with Gasteiger partial charge < -0.3 is 10.5 Å². The van der Waals surface area contributed by atoms with E-state index < -0.39 is 0 Å². The topological polar surface area (TPSA) is 38.5 Å². The van der Waals surface area contributed by atoms with Crippen LogP contribution in [-0.2, 0) is 4.74 Å². The van der Waals surface area contributed by atoms with Gasteiger partial charge in [0.2, 0.25) is 0 Å². The minimum Gasteiger partial charge on any atom is -0.383 e. The van der Waals surface area contributed by atoms with Gasteiger partial charge in [-0.15, -0.1) is 0 Å². The average molecular weight is 144 g/mol. The van der Waals surface area contributed by atoms with E-state index >= 15 is 0 Å². The van der Waals surface area contributed by atoms with Crippen LogP contribution in [0.3, 0.4) is 0 Å². The van der Waals surface area contributed by atoms with E-state index in [9.17, 15) is 0 Å². The van der Waals surface area contributed by atoms with Gasteiger partial charge in [0.15, 0.2) is 0 Å². The molecule has 1 fully saturated rings. The molecule has 0 bridgehead atoms. The molecule has 60 valence electrons. The Balaban J connectivity index is 2.11. The summed E-state index contributed by atoms with van der Waals surface area (Å²) in [6.07, 6.45) is 0. The summed E-state index contributed by atoms with van der Waals surface area (Å²) in [5, 5.41) is 0.